The van der Waals surface area contributed by atoms with E-state index in [1.165, 1.54) is 5.19 Å². The molecule has 1 atom stereocenters. The molecule has 1 rings (SSSR count). The molecule has 0 aliphatic carbocycles. The number of rotatable bonds is 5. The van der Waals surface area contributed by atoms with Gasteiger partial charge in [0.1, 0.15) is 0 Å². The predicted octanol–water partition coefficient (Wildman–Crippen LogP) is 3.93. The van der Waals surface area contributed by atoms with E-state index in [1.54, 1.807) is 14.2 Å². The van der Waals surface area contributed by atoms with Gasteiger partial charge in [-0.2, -0.15) is 0 Å². The molecule has 1 aromatic rings. The Morgan fingerprint density at radius 2 is 1.10 bits per heavy atom. The van der Waals surface area contributed by atoms with Gasteiger partial charge in [-0.1, -0.05) is 30.3 Å². The molecule has 0 heterocycles. The van der Waals surface area contributed by atoms with Crippen molar-refractivity contribution in [3.05, 3.63) is 30.3 Å². The van der Waals surface area contributed by atoms with Gasteiger partial charge in [0.15, 0.2) is 16.6 Å². The summed E-state index contributed by atoms with van der Waals surface area (Å²) in [6.07, 6.45) is 0. The van der Waals surface area contributed by atoms with E-state index in [2.05, 4.69) is 58.0 Å². The van der Waals surface area contributed by atoms with E-state index in [4.69, 9.17) is 13.0 Å². The monoisotopic (exact) mass is 344 g/mol. The van der Waals surface area contributed by atoms with Gasteiger partial charge in [-0.05, 0) is 51.0 Å². The lowest BCUT2D eigenvalue weighted by Gasteiger charge is -2.32. The fraction of sp³-hybridized carbons (Fsp3) is 0.600. The van der Waals surface area contributed by atoms with E-state index in [9.17, 15) is 0 Å². The molecule has 0 N–H and O–H groups in total. The maximum atomic E-state index is 6.22. The summed E-state index contributed by atoms with van der Waals surface area (Å²) in [6.45, 7) is 15.2. The molecular weight excluding hydrogens is 312 g/mol. The Kier molecular flexibility index (Phi) is 8.30. The molecule has 6 heteroatoms. The van der Waals surface area contributed by atoms with Crippen molar-refractivity contribution in [2.45, 2.75) is 45.8 Å². The molecule has 21 heavy (non-hydrogen) atoms. The molecule has 0 fully saturated rings. The first-order chi connectivity index (χ1) is 9.43. The van der Waals surface area contributed by atoms with Crippen LogP contribution in [0.4, 0.5) is 0 Å². The number of hydrogen-bond donors (Lipinski definition) is 0. The van der Waals surface area contributed by atoms with Gasteiger partial charge in [0.25, 0.3) is 0 Å². The van der Waals surface area contributed by atoms with E-state index in [-0.39, 0.29) is 0 Å². The third-order valence-electron chi connectivity index (χ3n) is 2.80. The zero-order valence-corrected chi connectivity index (χ0v) is 18.1. The lowest BCUT2D eigenvalue weighted by molar-refractivity contribution is 0.319. The van der Waals surface area contributed by atoms with Gasteiger partial charge in [0, 0.05) is 14.2 Å². The highest BCUT2D eigenvalue weighted by molar-refractivity contribution is 6.88. The highest BCUT2D eigenvalue weighted by atomic mass is 28.4. The topological polar surface area (TPSA) is 27.7 Å². The maximum Gasteiger partial charge on any atom is 0.358 e. The van der Waals surface area contributed by atoms with Crippen molar-refractivity contribution < 1.29 is 13.0 Å². The van der Waals surface area contributed by atoms with E-state index < -0.39 is 25.2 Å². The van der Waals surface area contributed by atoms with E-state index in [0.717, 1.165) is 0 Å². The Balaban J connectivity index is 0.000000567. The van der Waals surface area contributed by atoms with Gasteiger partial charge in [0.2, 0.25) is 0 Å². The molecule has 3 nitrogen and oxygen atoms in total. The summed E-state index contributed by atoms with van der Waals surface area (Å²) in [5.41, 5.74) is 0. The van der Waals surface area contributed by atoms with Crippen LogP contribution in [-0.2, 0) is 13.0 Å². The number of hydrogen-bond acceptors (Lipinski definition) is 3. The molecule has 0 saturated heterocycles. The third kappa shape index (κ3) is 9.38. The summed E-state index contributed by atoms with van der Waals surface area (Å²) >= 11 is 0. The molecule has 0 saturated carbocycles. The van der Waals surface area contributed by atoms with Crippen molar-refractivity contribution >= 4 is 30.4 Å². The van der Waals surface area contributed by atoms with Crippen molar-refractivity contribution in [1.29, 1.82) is 0 Å². The molecule has 1 aromatic carbocycles. The molecule has 0 radical (unpaired) electrons. The van der Waals surface area contributed by atoms with Crippen LogP contribution in [0.2, 0.25) is 45.8 Å². The molecule has 1 unspecified atom stereocenters. The minimum absolute atomic E-state index is 1.13. The summed E-state index contributed by atoms with van der Waals surface area (Å²) in [4.78, 5) is 0. The molecule has 0 spiro atoms. The van der Waals surface area contributed by atoms with Crippen molar-refractivity contribution in [2.24, 2.45) is 0 Å². The second-order valence-electron chi connectivity index (χ2n) is 7.05. The van der Waals surface area contributed by atoms with Crippen LogP contribution in [0.3, 0.4) is 0 Å². The van der Waals surface area contributed by atoms with Crippen LogP contribution in [0.15, 0.2) is 30.3 Å². The minimum Gasteiger partial charge on any atom is -0.433 e. The maximum absolute atomic E-state index is 6.22. The van der Waals surface area contributed by atoms with Crippen LogP contribution >= 0.6 is 0 Å². The Morgan fingerprint density at radius 3 is 1.38 bits per heavy atom. The highest BCUT2D eigenvalue weighted by Gasteiger charge is 2.37. The summed E-state index contributed by atoms with van der Waals surface area (Å²) < 4.78 is 16.9. The predicted molar refractivity (Wildman–Crippen MR) is 99.5 cm³/mol. The third-order valence-corrected chi connectivity index (χ3v) is 10.2. The molecular formula is C15H32O3Si3. The fourth-order valence-corrected chi connectivity index (χ4v) is 8.06. The molecule has 122 valence electrons. The van der Waals surface area contributed by atoms with Crippen LogP contribution in [0.25, 0.3) is 0 Å². The zero-order chi connectivity index (χ0) is 16.7. The van der Waals surface area contributed by atoms with Crippen molar-refractivity contribution in [1.82, 2.24) is 0 Å². The lowest BCUT2D eigenvalue weighted by Crippen LogP contribution is -2.55. The Bertz CT molecular complexity index is 399. The Labute approximate surface area is 134 Å². The summed E-state index contributed by atoms with van der Waals surface area (Å²) in [5.74, 6) is 0. The van der Waals surface area contributed by atoms with E-state index >= 15 is 0 Å². The average molecular weight is 345 g/mol. The smallest absolute Gasteiger partial charge is 0.358 e. The second-order valence-corrected chi connectivity index (χ2v) is 19.6. The standard InChI is InChI=1S/C11H20O2Si2.C4H12OSi/c1-12-15(5,13-14(2,3)4)11-9-7-6-8-10-11;1-5-6(2,3)4/h6-10H,1-5H3;1-4H3. The lowest BCUT2D eigenvalue weighted by atomic mass is 10.4. The van der Waals surface area contributed by atoms with Gasteiger partial charge in [-0.3, -0.25) is 0 Å². The quantitative estimate of drug-likeness (QED) is 0.757. The van der Waals surface area contributed by atoms with Gasteiger partial charge < -0.3 is 13.0 Å². The first kappa shape index (κ1) is 20.8. The van der Waals surface area contributed by atoms with Gasteiger partial charge in [-0.15, -0.1) is 0 Å². The van der Waals surface area contributed by atoms with Crippen LogP contribution in [-0.4, -0.2) is 39.4 Å². The van der Waals surface area contributed by atoms with Crippen molar-refractivity contribution in [3.8, 4) is 0 Å². The van der Waals surface area contributed by atoms with E-state index in [1.807, 2.05) is 18.2 Å². The molecule has 0 amide bonds. The first-order valence-electron chi connectivity index (χ1n) is 7.29. The van der Waals surface area contributed by atoms with Crippen LogP contribution in [0.5, 0.6) is 0 Å². The summed E-state index contributed by atoms with van der Waals surface area (Å²) in [7, 11) is -1.34. The van der Waals surface area contributed by atoms with Crippen LogP contribution in [0.1, 0.15) is 0 Å². The average Bonchev–Trinajstić information content (AvgIpc) is 2.37. The molecule has 0 aliphatic heterocycles. The summed E-state index contributed by atoms with van der Waals surface area (Å²) in [5, 5.41) is 1.20. The second kappa shape index (κ2) is 8.40. The molecule has 0 bridgehead atoms. The summed E-state index contributed by atoms with van der Waals surface area (Å²) in [6, 6.07) is 10.3. The van der Waals surface area contributed by atoms with Crippen LogP contribution in [0, 0.1) is 0 Å². The Morgan fingerprint density at radius 1 is 0.667 bits per heavy atom. The minimum atomic E-state index is -2.17. The first-order valence-corrected chi connectivity index (χ1v) is 16.4. The zero-order valence-electron chi connectivity index (χ0n) is 15.1. The van der Waals surface area contributed by atoms with Crippen LogP contribution < -0.4 is 5.19 Å². The fourth-order valence-electron chi connectivity index (χ4n) is 1.54. The number of benzene rings is 1. The van der Waals surface area contributed by atoms with Crippen molar-refractivity contribution in [2.75, 3.05) is 14.2 Å². The molecule has 0 aromatic heterocycles. The van der Waals surface area contributed by atoms with Gasteiger partial charge in [-0.25, -0.2) is 0 Å². The van der Waals surface area contributed by atoms with E-state index in [0.29, 0.717) is 0 Å². The Hall–Kier alpha value is -0.249. The van der Waals surface area contributed by atoms with Gasteiger partial charge >= 0.3 is 8.56 Å². The normalized spacial score (nSPS) is 14.9. The SMILES string of the molecule is CO[Si](C)(C)C.CO[Si](C)(O[Si](C)(C)C)c1ccccc1. The van der Waals surface area contributed by atoms with Gasteiger partial charge in [0.05, 0.1) is 0 Å². The molecule has 0 aliphatic rings. The largest absolute Gasteiger partial charge is 0.433 e. The van der Waals surface area contributed by atoms with Crippen molar-refractivity contribution in [3.63, 3.8) is 0 Å². The highest BCUT2D eigenvalue weighted by Crippen LogP contribution is 2.14.